The molecule has 0 aliphatic carbocycles. The first-order valence-electron chi connectivity index (χ1n) is 5.28. The third kappa shape index (κ3) is 3.10. The van der Waals surface area contributed by atoms with Gasteiger partial charge in [0.1, 0.15) is 11.6 Å². The maximum atomic E-state index is 13.3. The van der Waals surface area contributed by atoms with E-state index in [9.17, 15) is 13.6 Å². The molecule has 0 bridgehead atoms. The van der Waals surface area contributed by atoms with E-state index in [4.69, 9.17) is 0 Å². The van der Waals surface area contributed by atoms with E-state index in [-0.39, 0.29) is 5.56 Å². The predicted molar refractivity (Wildman–Crippen MR) is 64.5 cm³/mol. The molecule has 0 unspecified atom stereocenters. The second-order valence-corrected chi connectivity index (χ2v) is 4.54. The zero-order valence-electron chi connectivity index (χ0n) is 9.32. The lowest BCUT2D eigenvalue weighted by molar-refractivity contribution is 0.0949. The Bertz CT molecular complexity index is 543. The highest BCUT2D eigenvalue weighted by Gasteiger charge is 2.12. The van der Waals surface area contributed by atoms with Gasteiger partial charge in [-0.25, -0.2) is 13.8 Å². The Morgan fingerprint density at radius 1 is 1.39 bits per heavy atom. The average Bonchev–Trinajstić information content (AvgIpc) is 2.85. The standard InChI is InChI=1S/C12H10F2N2OS/c13-8-1-2-10(14)9(7-8)12(17)16-4-3-11-15-5-6-18-11/h1-2,5-7H,3-4H2,(H,16,17). The molecular weight excluding hydrogens is 258 g/mol. The summed E-state index contributed by atoms with van der Waals surface area (Å²) in [5.41, 5.74) is -0.283. The predicted octanol–water partition coefficient (Wildman–Crippen LogP) is 2.39. The van der Waals surface area contributed by atoms with Crippen LogP contribution in [0.25, 0.3) is 0 Å². The first-order chi connectivity index (χ1) is 8.66. The van der Waals surface area contributed by atoms with Gasteiger partial charge in [-0.3, -0.25) is 4.79 Å². The van der Waals surface area contributed by atoms with Crippen LogP contribution in [0.3, 0.4) is 0 Å². The molecule has 1 amide bonds. The van der Waals surface area contributed by atoms with Gasteiger partial charge in [-0.1, -0.05) is 0 Å². The van der Waals surface area contributed by atoms with E-state index in [1.807, 2.05) is 5.38 Å². The number of hydrogen-bond donors (Lipinski definition) is 1. The SMILES string of the molecule is O=C(NCCc1nccs1)c1cc(F)ccc1F. The second-order valence-electron chi connectivity index (χ2n) is 3.56. The fraction of sp³-hybridized carbons (Fsp3) is 0.167. The third-order valence-electron chi connectivity index (χ3n) is 2.28. The number of rotatable bonds is 4. The van der Waals surface area contributed by atoms with Crippen molar-refractivity contribution in [3.63, 3.8) is 0 Å². The lowest BCUT2D eigenvalue weighted by Crippen LogP contribution is -2.26. The van der Waals surface area contributed by atoms with Crippen LogP contribution in [-0.2, 0) is 6.42 Å². The molecular formula is C12H10F2N2OS. The van der Waals surface area contributed by atoms with Crippen LogP contribution in [0.5, 0.6) is 0 Å². The van der Waals surface area contributed by atoms with Gasteiger partial charge >= 0.3 is 0 Å². The summed E-state index contributed by atoms with van der Waals surface area (Å²) in [5, 5.41) is 5.25. The van der Waals surface area contributed by atoms with Gasteiger partial charge in [0.05, 0.1) is 10.6 Å². The van der Waals surface area contributed by atoms with Crippen molar-refractivity contribution in [2.24, 2.45) is 0 Å². The van der Waals surface area contributed by atoms with E-state index in [2.05, 4.69) is 10.3 Å². The molecule has 0 fully saturated rings. The van der Waals surface area contributed by atoms with Crippen LogP contribution < -0.4 is 5.32 Å². The van der Waals surface area contributed by atoms with Crippen molar-refractivity contribution in [1.29, 1.82) is 0 Å². The summed E-state index contributed by atoms with van der Waals surface area (Å²) in [7, 11) is 0. The Kier molecular flexibility index (Phi) is 3.99. The van der Waals surface area contributed by atoms with Crippen LogP contribution in [0.15, 0.2) is 29.8 Å². The minimum Gasteiger partial charge on any atom is -0.352 e. The highest BCUT2D eigenvalue weighted by atomic mass is 32.1. The Hall–Kier alpha value is -1.82. The molecule has 0 atom stereocenters. The van der Waals surface area contributed by atoms with Crippen LogP contribution in [0.1, 0.15) is 15.4 Å². The Labute approximate surface area is 106 Å². The van der Waals surface area contributed by atoms with Crippen LogP contribution >= 0.6 is 11.3 Å². The highest BCUT2D eigenvalue weighted by molar-refractivity contribution is 7.09. The molecule has 1 N–H and O–H groups in total. The number of amides is 1. The van der Waals surface area contributed by atoms with Crippen LogP contribution in [0, 0.1) is 11.6 Å². The summed E-state index contributed by atoms with van der Waals surface area (Å²) < 4.78 is 26.2. The van der Waals surface area contributed by atoms with E-state index in [0.29, 0.717) is 13.0 Å². The molecule has 0 saturated heterocycles. The minimum atomic E-state index is -0.733. The molecule has 2 aromatic rings. The van der Waals surface area contributed by atoms with Crippen LogP contribution in [0.4, 0.5) is 8.78 Å². The topological polar surface area (TPSA) is 42.0 Å². The molecule has 18 heavy (non-hydrogen) atoms. The monoisotopic (exact) mass is 268 g/mol. The molecule has 6 heteroatoms. The number of hydrogen-bond acceptors (Lipinski definition) is 3. The Morgan fingerprint density at radius 2 is 2.22 bits per heavy atom. The van der Waals surface area contributed by atoms with Crippen LogP contribution in [-0.4, -0.2) is 17.4 Å². The van der Waals surface area contributed by atoms with E-state index in [1.165, 1.54) is 11.3 Å². The van der Waals surface area contributed by atoms with Crippen molar-refractivity contribution in [1.82, 2.24) is 10.3 Å². The number of nitrogens with zero attached hydrogens (tertiary/aromatic N) is 1. The summed E-state index contributed by atoms with van der Waals surface area (Å²) in [6.45, 7) is 0.336. The van der Waals surface area contributed by atoms with Crippen LogP contribution in [0.2, 0.25) is 0 Å². The summed E-state index contributed by atoms with van der Waals surface area (Å²) >= 11 is 1.48. The normalized spacial score (nSPS) is 10.3. The fourth-order valence-electron chi connectivity index (χ4n) is 1.43. The Morgan fingerprint density at radius 3 is 2.94 bits per heavy atom. The lowest BCUT2D eigenvalue weighted by Gasteiger charge is -2.05. The largest absolute Gasteiger partial charge is 0.352 e. The lowest BCUT2D eigenvalue weighted by atomic mass is 10.2. The van der Waals surface area contributed by atoms with E-state index < -0.39 is 17.5 Å². The molecule has 0 saturated carbocycles. The molecule has 1 aromatic heterocycles. The van der Waals surface area contributed by atoms with E-state index >= 15 is 0 Å². The van der Waals surface area contributed by atoms with Crippen molar-refractivity contribution in [3.05, 3.63) is 52.0 Å². The number of benzene rings is 1. The molecule has 0 aliphatic rings. The average molecular weight is 268 g/mol. The number of halogens is 2. The number of aromatic nitrogens is 1. The molecule has 94 valence electrons. The molecule has 0 radical (unpaired) electrons. The number of carbonyl (C=O) groups is 1. The smallest absolute Gasteiger partial charge is 0.254 e. The number of thiazole rings is 1. The fourth-order valence-corrected chi connectivity index (χ4v) is 2.05. The van der Waals surface area contributed by atoms with Crippen molar-refractivity contribution >= 4 is 17.2 Å². The van der Waals surface area contributed by atoms with Gasteiger partial charge in [-0.15, -0.1) is 11.3 Å². The highest BCUT2D eigenvalue weighted by Crippen LogP contribution is 2.09. The molecule has 2 rings (SSSR count). The maximum Gasteiger partial charge on any atom is 0.254 e. The zero-order chi connectivity index (χ0) is 13.0. The minimum absolute atomic E-state index is 0.283. The molecule has 1 heterocycles. The first kappa shape index (κ1) is 12.6. The summed E-state index contributed by atoms with van der Waals surface area (Å²) in [6, 6.07) is 2.79. The molecule has 1 aromatic carbocycles. The zero-order valence-corrected chi connectivity index (χ0v) is 10.1. The molecule has 0 aliphatic heterocycles. The van der Waals surface area contributed by atoms with Crippen molar-refractivity contribution < 1.29 is 13.6 Å². The third-order valence-corrected chi connectivity index (χ3v) is 3.12. The summed E-state index contributed by atoms with van der Waals surface area (Å²) in [5.74, 6) is -1.99. The van der Waals surface area contributed by atoms with Gasteiger partial charge in [0.2, 0.25) is 0 Å². The molecule has 3 nitrogen and oxygen atoms in total. The number of nitrogens with one attached hydrogen (secondary N) is 1. The Balaban J connectivity index is 1.93. The van der Waals surface area contributed by atoms with E-state index in [1.54, 1.807) is 6.20 Å². The second kappa shape index (κ2) is 5.68. The summed E-state index contributed by atoms with van der Waals surface area (Å²) in [6.07, 6.45) is 2.24. The van der Waals surface area contributed by atoms with Gasteiger partial charge in [0.25, 0.3) is 5.91 Å². The van der Waals surface area contributed by atoms with Gasteiger partial charge in [0.15, 0.2) is 0 Å². The van der Waals surface area contributed by atoms with Gasteiger partial charge in [0, 0.05) is 24.5 Å². The van der Waals surface area contributed by atoms with Crippen molar-refractivity contribution in [3.8, 4) is 0 Å². The van der Waals surface area contributed by atoms with Gasteiger partial charge < -0.3 is 5.32 Å². The summed E-state index contributed by atoms with van der Waals surface area (Å²) in [4.78, 5) is 15.7. The van der Waals surface area contributed by atoms with Crippen molar-refractivity contribution in [2.45, 2.75) is 6.42 Å². The van der Waals surface area contributed by atoms with Gasteiger partial charge in [-0.2, -0.15) is 0 Å². The number of carbonyl (C=O) groups excluding carboxylic acids is 1. The quantitative estimate of drug-likeness (QED) is 0.925. The first-order valence-corrected chi connectivity index (χ1v) is 6.16. The van der Waals surface area contributed by atoms with Crippen molar-refractivity contribution in [2.75, 3.05) is 6.54 Å². The molecule has 0 spiro atoms. The van der Waals surface area contributed by atoms with E-state index in [0.717, 1.165) is 23.2 Å². The maximum absolute atomic E-state index is 13.3. The van der Waals surface area contributed by atoms with Gasteiger partial charge in [-0.05, 0) is 18.2 Å².